The van der Waals surface area contributed by atoms with E-state index in [2.05, 4.69) is 12.2 Å². The quantitative estimate of drug-likeness (QED) is 0.755. The maximum absolute atomic E-state index is 12.1. The molecule has 4 nitrogen and oxygen atoms in total. The Bertz CT molecular complexity index is 269. The van der Waals surface area contributed by atoms with Crippen LogP contribution in [-0.2, 0) is 9.53 Å². The summed E-state index contributed by atoms with van der Waals surface area (Å²) in [4.78, 5) is 12.1. The van der Waals surface area contributed by atoms with Crippen molar-refractivity contribution >= 4 is 5.91 Å². The van der Waals surface area contributed by atoms with Crippen LogP contribution in [0.2, 0.25) is 0 Å². The van der Waals surface area contributed by atoms with Crippen LogP contribution in [0.15, 0.2) is 0 Å². The van der Waals surface area contributed by atoms with E-state index >= 15 is 0 Å². The maximum atomic E-state index is 12.1. The van der Waals surface area contributed by atoms with E-state index in [0.717, 1.165) is 45.3 Å². The lowest BCUT2D eigenvalue weighted by atomic mass is 9.62. The molecule has 2 fully saturated rings. The molecule has 0 aromatic heterocycles. The molecule has 1 aliphatic carbocycles. The molecule has 1 atom stereocenters. The SMILES string of the molecule is CC1CC(CN)(C(=O)NCCC2CCCO2)C1. The third-order valence-corrected chi connectivity index (χ3v) is 4.13. The summed E-state index contributed by atoms with van der Waals surface area (Å²) in [6.07, 6.45) is 5.45. The second-order valence-electron chi connectivity index (χ2n) is 5.68. The second kappa shape index (κ2) is 5.36. The zero-order chi connectivity index (χ0) is 12.3. The molecule has 4 heteroatoms. The molecule has 1 aliphatic heterocycles. The van der Waals surface area contributed by atoms with E-state index in [-0.39, 0.29) is 11.3 Å². The molecule has 0 aromatic rings. The Balaban J connectivity index is 1.69. The first-order valence-electron chi connectivity index (χ1n) is 6.76. The number of nitrogens with two attached hydrogens (primary N) is 1. The van der Waals surface area contributed by atoms with Gasteiger partial charge >= 0.3 is 0 Å². The minimum atomic E-state index is -0.268. The third kappa shape index (κ3) is 2.80. The van der Waals surface area contributed by atoms with E-state index in [1.807, 2.05) is 0 Å². The van der Waals surface area contributed by atoms with Crippen molar-refractivity contribution in [2.24, 2.45) is 17.1 Å². The van der Waals surface area contributed by atoms with Crippen molar-refractivity contribution in [1.29, 1.82) is 0 Å². The highest BCUT2D eigenvalue weighted by molar-refractivity contribution is 5.83. The molecule has 1 heterocycles. The van der Waals surface area contributed by atoms with Gasteiger partial charge in [-0.3, -0.25) is 4.79 Å². The molecule has 1 amide bonds. The second-order valence-corrected chi connectivity index (χ2v) is 5.68. The Hall–Kier alpha value is -0.610. The van der Waals surface area contributed by atoms with Crippen LogP contribution in [0.3, 0.4) is 0 Å². The number of carbonyl (C=O) groups is 1. The highest BCUT2D eigenvalue weighted by atomic mass is 16.5. The highest BCUT2D eigenvalue weighted by Gasteiger charge is 2.46. The van der Waals surface area contributed by atoms with Gasteiger partial charge in [0.2, 0.25) is 5.91 Å². The van der Waals surface area contributed by atoms with Gasteiger partial charge in [0.1, 0.15) is 0 Å². The van der Waals surface area contributed by atoms with Crippen LogP contribution >= 0.6 is 0 Å². The van der Waals surface area contributed by atoms with Gasteiger partial charge in [0.25, 0.3) is 0 Å². The molecule has 1 saturated carbocycles. The number of ether oxygens (including phenoxy) is 1. The zero-order valence-corrected chi connectivity index (χ0v) is 10.7. The lowest BCUT2D eigenvalue weighted by Gasteiger charge is -2.44. The van der Waals surface area contributed by atoms with Crippen LogP contribution in [0, 0.1) is 11.3 Å². The van der Waals surface area contributed by atoms with Crippen LogP contribution in [0.25, 0.3) is 0 Å². The third-order valence-electron chi connectivity index (χ3n) is 4.13. The predicted molar refractivity (Wildman–Crippen MR) is 66.5 cm³/mol. The van der Waals surface area contributed by atoms with Crippen LogP contribution in [0.4, 0.5) is 0 Å². The molecule has 3 N–H and O–H groups in total. The minimum absolute atomic E-state index is 0.149. The number of rotatable bonds is 5. The van der Waals surface area contributed by atoms with Gasteiger partial charge in [0.15, 0.2) is 0 Å². The van der Waals surface area contributed by atoms with Crippen molar-refractivity contribution < 1.29 is 9.53 Å². The Morgan fingerprint density at radius 1 is 1.53 bits per heavy atom. The molecule has 1 saturated heterocycles. The number of amides is 1. The average Bonchev–Trinajstić information content (AvgIpc) is 2.77. The van der Waals surface area contributed by atoms with E-state index < -0.39 is 0 Å². The van der Waals surface area contributed by atoms with Crippen molar-refractivity contribution in [2.45, 2.75) is 45.1 Å². The van der Waals surface area contributed by atoms with Crippen molar-refractivity contribution in [3.63, 3.8) is 0 Å². The van der Waals surface area contributed by atoms with E-state index in [9.17, 15) is 4.79 Å². The van der Waals surface area contributed by atoms with Crippen molar-refractivity contribution in [3.05, 3.63) is 0 Å². The summed E-state index contributed by atoms with van der Waals surface area (Å²) in [5, 5.41) is 3.02. The maximum Gasteiger partial charge on any atom is 0.227 e. The first-order valence-corrected chi connectivity index (χ1v) is 6.76. The molecule has 2 rings (SSSR count). The van der Waals surface area contributed by atoms with Gasteiger partial charge in [0.05, 0.1) is 11.5 Å². The summed E-state index contributed by atoms with van der Waals surface area (Å²) in [7, 11) is 0. The largest absolute Gasteiger partial charge is 0.378 e. The molecule has 2 aliphatic rings. The van der Waals surface area contributed by atoms with Gasteiger partial charge in [-0.1, -0.05) is 6.92 Å². The fourth-order valence-electron chi connectivity index (χ4n) is 3.13. The predicted octanol–water partition coefficient (Wildman–Crippen LogP) is 1.05. The Labute approximate surface area is 103 Å². The minimum Gasteiger partial charge on any atom is -0.378 e. The van der Waals surface area contributed by atoms with Crippen LogP contribution in [-0.4, -0.2) is 31.7 Å². The molecule has 0 radical (unpaired) electrons. The summed E-state index contributed by atoms with van der Waals surface area (Å²) in [5.41, 5.74) is 5.47. The average molecular weight is 240 g/mol. The molecule has 0 aromatic carbocycles. The van der Waals surface area contributed by atoms with Gasteiger partial charge in [-0.25, -0.2) is 0 Å². The number of hydrogen-bond donors (Lipinski definition) is 2. The molecular weight excluding hydrogens is 216 g/mol. The molecule has 17 heavy (non-hydrogen) atoms. The van der Waals surface area contributed by atoms with E-state index in [0.29, 0.717) is 18.6 Å². The summed E-state index contributed by atoms with van der Waals surface area (Å²) < 4.78 is 5.53. The van der Waals surface area contributed by atoms with E-state index in [1.165, 1.54) is 0 Å². The summed E-state index contributed by atoms with van der Waals surface area (Å²) in [5.74, 6) is 0.790. The van der Waals surface area contributed by atoms with Gasteiger partial charge in [0, 0.05) is 19.7 Å². The van der Waals surface area contributed by atoms with Gasteiger partial charge in [-0.2, -0.15) is 0 Å². The van der Waals surface area contributed by atoms with Gasteiger partial charge in [-0.15, -0.1) is 0 Å². The molecule has 0 spiro atoms. The number of carbonyl (C=O) groups excluding carboxylic acids is 1. The monoisotopic (exact) mass is 240 g/mol. The fraction of sp³-hybridized carbons (Fsp3) is 0.923. The van der Waals surface area contributed by atoms with Crippen molar-refractivity contribution in [2.75, 3.05) is 19.7 Å². The smallest absolute Gasteiger partial charge is 0.227 e. The summed E-state index contributed by atoms with van der Waals surface area (Å²) >= 11 is 0. The number of nitrogens with one attached hydrogen (secondary N) is 1. The molecule has 0 bridgehead atoms. The first kappa shape index (κ1) is 12.8. The molecule has 98 valence electrons. The van der Waals surface area contributed by atoms with E-state index in [1.54, 1.807) is 0 Å². The van der Waals surface area contributed by atoms with Crippen molar-refractivity contribution in [3.8, 4) is 0 Å². The summed E-state index contributed by atoms with van der Waals surface area (Å²) in [6, 6.07) is 0. The lowest BCUT2D eigenvalue weighted by molar-refractivity contribution is -0.138. The van der Waals surface area contributed by atoms with Crippen LogP contribution < -0.4 is 11.1 Å². The first-order chi connectivity index (χ1) is 8.16. The Kier molecular flexibility index (Phi) is 4.05. The Morgan fingerprint density at radius 2 is 2.29 bits per heavy atom. The zero-order valence-electron chi connectivity index (χ0n) is 10.7. The van der Waals surface area contributed by atoms with E-state index in [4.69, 9.17) is 10.5 Å². The van der Waals surface area contributed by atoms with Crippen LogP contribution in [0.5, 0.6) is 0 Å². The fourth-order valence-corrected chi connectivity index (χ4v) is 3.13. The standard InChI is InChI=1S/C13H24N2O2/c1-10-7-13(8-10,9-14)12(16)15-5-4-11-3-2-6-17-11/h10-11H,2-9,14H2,1H3,(H,15,16). The van der Waals surface area contributed by atoms with Gasteiger partial charge in [-0.05, 0) is 38.0 Å². The van der Waals surface area contributed by atoms with Crippen LogP contribution in [0.1, 0.15) is 39.0 Å². The Morgan fingerprint density at radius 3 is 2.82 bits per heavy atom. The topological polar surface area (TPSA) is 64.4 Å². The number of hydrogen-bond acceptors (Lipinski definition) is 3. The van der Waals surface area contributed by atoms with Gasteiger partial charge < -0.3 is 15.8 Å². The highest BCUT2D eigenvalue weighted by Crippen LogP contribution is 2.44. The normalized spacial score (nSPS) is 36.6. The van der Waals surface area contributed by atoms with Crippen molar-refractivity contribution in [1.82, 2.24) is 5.32 Å². The molecule has 1 unspecified atom stereocenters. The lowest BCUT2D eigenvalue weighted by Crippen LogP contribution is -2.53. The molecular formula is C13H24N2O2. The summed E-state index contributed by atoms with van der Waals surface area (Å²) in [6.45, 7) is 4.25.